The van der Waals surface area contributed by atoms with Gasteiger partial charge in [-0.15, -0.1) is 0 Å². The summed E-state index contributed by atoms with van der Waals surface area (Å²) in [5.74, 6) is 2.28. The molecule has 0 unspecified atom stereocenters. The van der Waals surface area contributed by atoms with E-state index in [0.717, 1.165) is 16.8 Å². The summed E-state index contributed by atoms with van der Waals surface area (Å²) in [5, 5.41) is 0.455. The van der Waals surface area contributed by atoms with E-state index in [1.54, 1.807) is 14.2 Å². The molecule has 0 bridgehead atoms. The van der Waals surface area contributed by atoms with Crippen LogP contribution in [-0.2, 0) is 0 Å². The van der Waals surface area contributed by atoms with E-state index in [4.69, 9.17) is 21.1 Å². The standard InChI is InChI=1S/C16H19ClN2O2/c1-9(2)16-18-14(10(3)15(17)19-16)13-11(20-4)7-6-8-12(13)21-5/h6-9H,1-5H3. The van der Waals surface area contributed by atoms with Gasteiger partial charge in [-0.25, -0.2) is 9.97 Å². The molecule has 2 aromatic rings. The molecule has 21 heavy (non-hydrogen) atoms. The summed E-state index contributed by atoms with van der Waals surface area (Å²) in [6.45, 7) is 5.96. The molecule has 0 fully saturated rings. The first-order valence-corrected chi connectivity index (χ1v) is 7.12. The molecule has 0 saturated heterocycles. The Kier molecular flexibility index (Phi) is 4.68. The number of aromatic nitrogens is 2. The van der Waals surface area contributed by atoms with Crippen molar-refractivity contribution in [2.75, 3.05) is 14.2 Å². The molecule has 0 aliphatic heterocycles. The lowest BCUT2D eigenvalue weighted by atomic mass is 10.0. The monoisotopic (exact) mass is 306 g/mol. The van der Waals surface area contributed by atoms with Crippen LogP contribution in [0.5, 0.6) is 11.5 Å². The number of hydrogen-bond acceptors (Lipinski definition) is 4. The zero-order chi connectivity index (χ0) is 15.6. The van der Waals surface area contributed by atoms with E-state index in [1.165, 1.54) is 0 Å². The zero-order valence-corrected chi connectivity index (χ0v) is 13.7. The van der Waals surface area contributed by atoms with E-state index in [1.807, 2.05) is 39.0 Å². The van der Waals surface area contributed by atoms with Crippen molar-refractivity contribution in [2.24, 2.45) is 0 Å². The van der Waals surface area contributed by atoms with Crippen LogP contribution in [0.25, 0.3) is 11.3 Å². The Bertz CT molecular complexity index is 635. The summed E-state index contributed by atoms with van der Waals surface area (Å²) in [6, 6.07) is 5.63. The van der Waals surface area contributed by atoms with Gasteiger partial charge in [-0.3, -0.25) is 0 Å². The first kappa shape index (κ1) is 15.6. The van der Waals surface area contributed by atoms with Gasteiger partial charge in [0.05, 0.1) is 25.5 Å². The van der Waals surface area contributed by atoms with Gasteiger partial charge in [0.15, 0.2) is 0 Å². The minimum absolute atomic E-state index is 0.183. The smallest absolute Gasteiger partial charge is 0.136 e. The number of methoxy groups -OCH3 is 2. The van der Waals surface area contributed by atoms with Gasteiger partial charge in [-0.05, 0) is 19.1 Å². The number of hydrogen-bond donors (Lipinski definition) is 0. The largest absolute Gasteiger partial charge is 0.496 e. The summed E-state index contributed by atoms with van der Waals surface area (Å²) in [5.41, 5.74) is 2.35. The minimum Gasteiger partial charge on any atom is -0.496 e. The second kappa shape index (κ2) is 6.31. The van der Waals surface area contributed by atoms with Crippen LogP contribution in [0.1, 0.15) is 31.2 Å². The Morgan fingerprint density at radius 2 is 1.62 bits per heavy atom. The molecule has 112 valence electrons. The highest BCUT2D eigenvalue weighted by Crippen LogP contribution is 2.40. The quantitative estimate of drug-likeness (QED) is 0.792. The Labute approximate surface area is 130 Å². The summed E-state index contributed by atoms with van der Waals surface area (Å²) < 4.78 is 10.9. The second-order valence-electron chi connectivity index (χ2n) is 5.04. The van der Waals surface area contributed by atoms with Gasteiger partial charge in [0.25, 0.3) is 0 Å². The maximum Gasteiger partial charge on any atom is 0.136 e. The molecule has 0 aliphatic carbocycles. The number of rotatable bonds is 4. The molecule has 0 spiro atoms. The van der Waals surface area contributed by atoms with Crippen LogP contribution in [-0.4, -0.2) is 24.2 Å². The maximum atomic E-state index is 6.27. The summed E-state index contributed by atoms with van der Waals surface area (Å²) in [4.78, 5) is 9.01. The fraction of sp³-hybridized carbons (Fsp3) is 0.375. The van der Waals surface area contributed by atoms with Crippen LogP contribution < -0.4 is 9.47 Å². The lowest BCUT2D eigenvalue weighted by molar-refractivity contribution is 0.397. The molecular weight excluding hydrogens is 288 g/mol. The molecule has 1 aromatic heterocycles. The second-order valence-corrected chi connectivity index (χ2v) is 5.40. The van der Waals surface area contributed by atoms with E-state index in [2.05, 4.69) is 9.97 Å². The highest BCUT2D eigenvalue weighted by atomic mass is 35.5. The van der Waals surface area contributed by atoms with E-state index < -0.39 is 0 Å². The van der Waals surface area contributed by atoms with Crippen molar-refractivity contribution >= 4 is 11.6 Å². The molecule has 0 N–H and O–H groups in total. The van der Waals surface area contributed by atoms with Gasteiger partial charge in [-0.1, -0.05) is 31.5 Å². The van der Waals surface area contributed by atoms with Gasteiger partial charge in [0, 0.05) is 11.5 Å². The first-order chi connectivity index (χ1) is 9.99. The van der Waals surface area contributed by atoms with Crippen LogP contribution in [0.4, 0.5) is 0 Å². The first-order valence-electron chi connectivity index (χ1n) is 6.75. The van der Waals surface area contributed by atoms with Crippen molar-refractivity contribution in [1.29, 1.82) is 0 Å². The van der Waals surface area contributed by atoms with Gasteiger partial charge in [0.2, 0.25) is 0 Å². The van der Waals surface area contributed by atoms with Gasteiger partial charge >= 0.3 is 0 Å². The predicted molar refractivity (Wildman–Crippen MR) is 84.4 cm³/mol. The number of ether oxygens (including phenoxy) is 2. The van der Waals surface area contributed by atoms with Crippen molar-refractivity contribution in [3.63, 3.8) is 0 Å². The van der Waals surface area contributed by atoms with Crippen molar-refractivity contribution < 1.29 is 9.47 Å². The average molecular weight is 307 g/mol. The molecule has 0 atom stereocenters. The SMILES string of the molecule is COc1cccc(OC)c1-c1nc(C(C)C)nc(Cl)c1C. The molecule has 4 nitrogen and oxygen atoms in total. The lowest BCUT2D eigenvalue weighted by Gasteiger charge is -2.16. The van der Waals surface area contributed by atoms with Gasteiger partial charge < -0.3 is 9.47 Å². The van der Waals surface area contributed by atoms with Crippen molar-refractivity contribution in [2.45, 2.75) is 26.7 Å². The highest BCUT2D eigenvalue weighted by Gasteiger charge is 2.20. The summed E-state index contributed by atoms with van der Waals surface area (Å²) in [7, 11) is 3.25. The topological polar surface area (TPSA) is 44.2 Å². The molecular formula is C16H19ClN2O2. The molecule has 1 heterocycles. The van der Waals surface area contributed by atoms with Crippen LogP contribution in [0, 0.1) is 6.92 Å². The van der Waals surface area contributed by atoms with E-state index >= 15 is 0 Å². The van der Waals surface area contributed by atoms with Crippen molar-refractivity contribution in [3.05, 3.63) is 34.7 Å². The van der Waals surface area contributed by atoms with Crippen LogP contribution in [0.3, 0.4) is 0 Å². The fourth-order valence-corrected chi connectivity index (χ4v) is 2.27. The Hall–Kier alpha value is -1.81. The average Bonchev–Trinajstić information content (AvgIpc) is 2.48. The highest BCUT2D eigenvalue weighted by molar-refractivity contribution is 6.30. The zero-order valence-electron chi connectivity index (χ0n) is 12.9. The number of halogens is 1. The third-order valence-electron chi connectivity index (χ3n) is 3.28. The third kappa shape index (κ3) is 2.95. The summed E-state index contributed by atoms with van der Waals surface area (Å²) >= 11 is 6.27. The Balaban J connectivity index is 2.77. The molecule has 5 heteroatoms. The predicted octanol–water partition coefficient (Wildman–Crippen LogP) is 4.25. The lowest BCUT2D eigenvalue weighted by Crippen LogP contribution is -2.04. The van der Waals surface area contributed by atoms with Crippen LogP contribution in [0.15, 0.2) is 18.2 Å². The molecule has 0 radical (unpaired) electrons. The number of nitrogens with zero attached hydrogens (tertiary/aromatic N) is 2. The van der Waals surface area contributed by atoms with E-state index in [-0.39, 0.29) is 5.92 Å². The minimum atomic E-state index is 0.183. The molecule has 0 amide bonds. The van der Waals surface area contributed by atoms with Crippen molar-refractivity contribution in [1.82, 2.24) is 9.97 Å². The van der Waals surface area contributed by atoms with E-state index in [9.17, 15) is 0 Å². The maximum absolute atomic E-state index is 6.27. The Morgan fingerprint density at radius 1 is 1.05 bits per heavy atom. The number of benzene rings is 1. The van der Waals surface area contributed by atoms with Gasteiger partial charge in [0.1, 0.15) is 22.5 Å². The molecule has 1 aromatic carbocycles. The summed E-state index contributed by atoms with van der Waals surface area (Å²) in [6.07, 6.45) is 0. The third-order valence-corrected chi connectivity index (χ3v) is 3.65. The van der Waals surface area contributed by atoms with Crippen LogP contribution >= 0.6 is 11.6 Å². The molecule has 0 aliphatic rings. The van der Waals surface area contributed by atoms with Crippen LogP contribution in [0.2, 0.25) is 5.15 Å². The van der Waals surface area contributed by atoms with Crippen molar-refractivity contribution in [3.8, 4) is 22.8 Å². The van der Waals surface area contributed by atoms with E-state index in [0.29, 0.717) is 22.5 Å². The van der Waals surface area contributed by atoms with Gasteiger partial charge in [-0.2, -0.15) is 0 Å². The molecule has 2 rings (SSSR count). The molecule has 0 saturated carbocycles. The Morgan fingerprint density at radius 3 is 2.10 bits per heavy atom. The fourth-order valence-electron chi connectivity index (χ4n) is 2.09. The normalized spacial score (nSPS) is 10.8.